The molecule has 10 heavy (non-hydrogen) atoms. The summed E-state index contributed by atoms with van der Waals surface area (Å²) in [7, 11) is 0. The lowest BCUT2D eigenvalue weighted by atomic mass is 10.2. The normalized spacial score (nSPS) is 14.9. The van der Waals surface area contributed by atoms with Crippen LogP contribution >= 0.6 is 22.6 Å². The molecule has 0 spiro atoms. The molecule has 3 nitrogen and oxygen atoms in total. The van der Waals surface area contributed by atoms with E-state index in [1.54, 1.807) is 6.08 Å². The number of carbonyl (C=O) groups is 1. The number of aliphatic hydroxyl groups excluding tert-OH is 1. The second-order valence-electron chi connectivity index (χ2n) is 1.94. The molecule has 0 radical (unpaired) electrons. The van der Waals surface area contributed by atoms with E-state index in [-0.39, 0.29) is 0 Å². The highest BCUT2D eigenvalue weighted by atomic mass is 127. The number of rotatable bonds is 3. The molecule has 0 rings (SSSR count). The Balaban J connectivity index is 3.70. The van der Waals surface area contributed by atoms with Crippen LogP contribution in [0.2, 0.25) is 0 Å². The highest BCUT2D eigenvalue weighted by molar-refractivity contribution is 14.1. The Hall–Kier alpha value is -0.100. The van der Waals surface area contributed by atoms with Crippen molar-refractivity contribution < 1.29 is 9.90 Å². The summed E-state index contributed by atoms with van der Waals surface area (Å²) in [5, 5.41) is 8.85. The van der Waals surface area contributed by atoms with Gasteiger partial charge in [0.05, 0.1) is 0 Å². The van der Waals surface area contributed by atoms with Gasteiger partial charge in [0.15, 0.2) is 0 Å². The molecule has 0 saturated carbocycles. The number of nitrogens with two attached hydrogens (primary N) is 1. The molecule has 0 bridgehead atoms. The zero-order chi connectivity index (χ0) is 8.15. The molecule has 0 aromatic heterocycles. The van der Waals surface area contributed by atoms with Gasteiger partial charge in [-0.2, -0.15) is 0 Å². The van der Waals surface area contributed by atoms with Gasteiger partial charge in [-0.3, -0.25) is 4.79 Å². The topological polar surface area (TPSA) is 63.3 Å². The fraction of sp³-hybridized carbons (Fsp3) is 0.500. The third-order valence-electron chi connectivity index (χ3n) is 0.951. The third-order valence-corrected chi connectivity index (χ3v) is 1.39. The van der Waals surface area contributed by atoms with Gasteiger partial charge in [-0.15, -0.1) is 0 Å². The summed E-state index contributed by atoms with van der Waals surface area (Å²) in [5.41, 5.74) is 4.80. The zero-order valence-corrected chi connectivity index (χ0v) is 7.83. The average molecular weight is 255 g/mol. The van der Waals surface area contributed by atoms with E-state index < -0.39 is 12.0 Å². The lowest BCUT2D eigenvalue weighted by Crippen LogP contribution is -2.27. The maximum Gasteiger partial charge on any atom is 0.246 e. The number of carbonyl (C=O) groups excluding carboxylic acids is 1. The number of aliphatic hydroxyl groups is 1. The molecule has 1 atom stereocenters. The van der Waals surface area contributed by atoms with Crippen LogP contribution in [0.3, 0.4) is 0 Å². The van der Waals surface area contributed by atoms with E-state index in [0.29, 0.717) is 6.42 Å². The Labute approximate surface area is 73.4 Å². The maximum absolute atomic E-state index is 10.3. The molecule has 4 heteroatoms. The van der Waals surface area contributed by atoms with Crippen molar-refractivity contribution in [2.75, 3.05) is 0 Å². The first-order valence-electron chi connectivity index (χ1n) is 2.83. The van der Waals surface area contributed by atoms with Crippen molar-refractivity contribution in [3.05, 3.63) is 9.66 Å². The van der Waals surface area contributed by atoms with Crippen LogP contribution in [0.5, 0.6) is 0 Å². The highest BCUT2D eigenvalue weighted by Gasteiger charge is 2.07. The first kappa shape index (κ1) is 9.90. The predicted octanol–water partition coefficient (Wildman–Crippen LogP) is 0.562. The van der Waals surface area contributed by atoms with Crippen molar-refractivity contribution in [1.82, 2.24) is 0 Å². The maximum atomic E-state index is 10.3. The quantitative estimate of drug-likeness (QED) is 0.724. The van der Waals surface area contributed by atoms with Crippen LogP contribution in [0.4, 0.5) is 0 Å². The summed E-state index contributed by atoms with van der Waals surface area (Å²) in [4.78, 5) is 10.3. The van der Waals surface area contributed by atoms with Crippen molar-refractivity contribution >= 4 is 28.5 Å². The molecule has 0 heterocycles. The zero-order valence-electron chi connectivity index (χ0n) is 5.67. The Morgan fingerprint density at radius 3 is 2.70 bits per heavy atom. The van der Waals surface area contributed by atoms with E-state index in [1.165, 1.54) is 0 Å². The van der Waals surface area contributed by atoms with E-state index in [9.17, 15) is 4.79 Å². The highest BCUT2D eigenvalue weighted by Crippen LogP contribution is 2.05. The summed E-state index contributed by atoms with van der Waals surface area (Å²) in [6, 6.07) is 0. The standard InChI is InChI=1S/C6H10INO2/c1-4(7)2-3-5(9)6(8)10/h2,5,9H,3H2,1H3,(H2,8,10)/b4-2-/t5-/m0/s1. The van der Waals surface area contributed by atoms with Gasteiger partial charge < -0.3 is 10.8 Å². The minimum absolute atomic E-state index is 0.310. The molecular formula is C6H10INO2. The average Bonchev–Trinajstić information content (AvgIpc) is 1.82. The second-order valence-corrected chi connectivity index (χ2v) is 3.65. The summed E-state index contributed by atoms with van der Waals surface area (Å²) < 4.78 is 1.04. The molecule has 0 aliphatic carbocycles. The fourth-order valence-corrected chi connectivity index (χ4v) is 0.644. The van der Waals surface area contributed by atoms with Crippen molar-refractivity contribution in [3.63, 3.8) is 0 Å². The number of allylic oxidation sites excluding steroid dienone is 1. The van der Waals surface area contributed by atoms with E-state index in [0.717, 1.165) is 3.58 Å². The number of amides is 1. The minimum atomic E-state index is -1.04. The van der Waals surface area contributed by atoms with Crippen LogP contribution in [0.25, 0.3) is 0 Å². The number of halogens is 1. The van der Waals surface area contributed by atoms with Crippen LogP contribution < -0.4 is 5.73 Å². The van der Waals surface area contributed by atoms with E-state index in [4.69, 9.17) is 10.8 Å². The summed E-state index contributed by atoms with van der Waals surface area (Å²) in [5.74, 6) is -0.672. The smallest absolute Gasteiger partial charge is 0.246 e. The Morgan fingerprint density at radius 1 is 1.90 bits per heavy atom. The number of hydrogen-bond acceptors (Lipinski definition) is 2. The second kappa shape index (κ2) is 4.68. The van der Waals surface area contributed by atoms with Gasteiger partial charge in [-0.1, -0.05) is 6.08 Å². The van der Waals surface area contributed by atoms with Gasteiger partial charge in [0.25, 0.3) is 0 Å². The summed E-state index contributed by atoms with van der Waals surface area (Å²) >= 11 is 2.10. The van der Waals surface area contributed by atoms with E-state index in [2.05, 4.69) is 22.6 Å². The SMILES string of the molecule is C/C(I)=C/C[C@H](O)C(N)=O. The third kappa shape index (κ3) is 4.75. The Kier molecular flexibility index (Phi) is 4.63. The Morgan fingerprint density at radius 2 is 2.40 bits per heavy atom. The monoisotopic (exact) mass is 255 g/mol. The van der Waals surface area contributed by atoms with Crippen molar-refractivity contribution in [2.45, 2.75) is 19.4 Å². The molecule has 0 unspecified atom stereocenters. The molecule has 0 aliphatic rings. The van der Waals surface area contributed by atoms with Crippen LogP contribution in [0.1, 0.15) is 13.3 Å². The molecule has 3 N–H and O–H groups in total. The molecule has 0 aromatic carbocycles. The summed E-state index contributed by atoms with van der Waals surface area (Å²) in [6.45, 7) is 1.88. The fourth-order valence-electron chi connectivity index (χ4n) is 0.390. The first-order valence-corrected chi connectivity index (χ1v) is 3.91. The predicted molar refractivity (Wildman–Crippen MR) is 47.6 cm³/mol. The van der Waals surface area contributed by atoms with Gasteiger partial charge in [-0.05, 0) is 33.1 Å². The molecule has 1 amide bonds. The largest absolute Gasteiger partial charge is 0.383 e. The van der Waals surface area contributed by atoms with Gasteiger partial charge >= 0.3 is 0 Å². The van der Waals surface area contributed by atoms with Crippen LogP contribution in [-0.4, -0.2) is 17.1 Å². The van der Waals surface area contributed by atoms with Crippen LogP contribution in [0.15, 0.2) is 9.66 Å². The number of primary amides is 1. The van der Waals surface area contributed by atoms with Crippen molar-refractivity contribution in [2.24, 2.45) is 5.73 Å². The van der Waals surface area contributed by atoms with Gasteiger partial charge in [0.2, 0.25) is 5.91 Å². The van der Waals surface area contributed by atoms with Crippen LogP contribution in [-0.2, 0) is 4.79 Å². The lowest BCUT2D eigenvalue weighted by molar-refractivity contribution is -0.125. The van der Waals surface area contributed by atoms with Crippen molar-refractivity contribution in [1.29, 1.82) is 0 Å². The molecular weight excluding hydrogens is 245 g/mol. The summed E-state index contributed by atoms with van der Waals surface area (Å²) in [6.07, 6.45) is 1.03. The Bertz CT molecular complexity index is 152. The van der Waals surface area contributed by atoms with E-state index >= 15 is 0 Å². The lowest BCUT2D eigenvalue weighted by Gasteiger charge is -2.00. The van der Waals surface area contributed by atoms with Gasteiger partial charge in [0.1, 0.15) is 6.10 Å². The van der Waals surface area contributed by atoms with Gasteiger partial charge in [0, 0.05) is 6.42 Å². The molecule has 0 aliphatic heterocycles. The molecule has 0 aromatic rings. The molecule has 0 saturated heterocycles. The van der Waals surface area contributed by atoms with Crippen LogP contribution in [0, 0.1) is 0 Å². The first-order chi connectivity index (χ1) is 4.54. The van der Waals surface area contributed by atoms with Gasteiger partial charge in [-0.25, -0.2) is 0 Å². The number of hydrogen-bond donors (Lipinski definition) is 2. The van der Waals surface area contributed by atoms with Crippen molar-refractivity contribution in [3.8, 4) is 0 Å². The van der Waals surface area contributed by atoms with E-state index in [1.807, 2.05) is 6.92 Å². The minimum Gasteiger partial charge on any atom is -0.383 e. The molecule has 0 fully saturated rings. The molecule has 58 valence electrons.